The Bertz CT molecular complexity index is 291. The van der Waals surface area contributed by atoms with Crippen LogP contribution < -0.4 is 0 Å². The Kier molecular flexibility index (Phi) is 1.15. The maximum atomic E-state index is 11.6. The lowest BCUT2D eigenvalue weighted by Gasteiger charge is -2.49. The summed E-state index contributed by atoms with van der Waals surface area (Å²) in [5.74, 6) is 2.62. The number of ketones is 1. The zero-order chi connectivity index (χ0) is 9.43. The van der Waals surface area contributed by atoms with Gasteiger partial charge in [-0.05, 0) is 35.5 Å². The minimum atomic E-state index is 0.409. The van der Waals surface area contributed by atoms with E-state index >= 15 is 0 Å². The Morgan fingerprint density at radius 2 is 2.00 bits per heavy atom. The fourth-order valence-corrected chi connectivity index (χ4v) is 4.24. The molecular weight excluding hydrogens is 160 g/mol. The molecule has 0 amide bonds. The molecular formula is C12H18O. The van der Waals surface area contributed by atoms with Crippen molar-refractivity contribution in [3.8, 4) is 0 Å². The van der Waals surface area contributed by atoms with E-state index in [-0.39, 0.29) is 0 Å². The first-order valence-corrected chi connectivity index (χ1v) is 5.49. The summed E-state index contributed by atoms with van der Waals surface area (Å²) in [6, 6.07) is 0. The Morgan fingerprint density at radius 3 is 2.54 bits per heavy atom. The molecule has 0 spiro atoms. The molecule has 3 aliphatic rings. The molecule has 0 unspecified atom stereocenters. The molecule has 1 nitrogen and oxygen atoms in total. The van der Waals surface area contributed by atoms with E-state index in [0.717, 1.165) is 18.3 Å². The van der Waals surface area contributed by atoms with Gasteiger partial charge in [0, 0.05) is 12.3 Å². The molecule has 0 aliphatic heterocycles. The van der Waals surface area contributed by atoms with Crippen molar-refractivity contribution in [3.63, 3.8) is 0 Å². The third kappa shape index (κ3) is 0.730. The molecule has 3 saturated carbocycles. The first-order chi connectivity index (χ1) is 5.97. The molecule has 0 saturated heterocycles. The maximum absolute atomic E-state index is 11.6. The predicted molar refractivity (Wildman–Crippen MR) is 51.2 cm³/mol. The van der Waals surface area contributed by atoms with Gasteiger partial charge in [-0.1, -0.05) is 20.8 Å². The Hall–Kier alpha value is -0.330. The maximum Gasteiger partial charge on any atom is 0.137 e. The van der Waals surface area contributed by atoms with Gasteiger partial charge in [0.15, 0.2) is 0 Å². The molecule has 0 bridgehead atoms. The van der Waals surface area contributed by atoms with Gasteiger partial charge in [0.25, 0.3) is 0 Å². The van der Waals surface area contributed by atoms with Gasteiger partial charge in [-0.15, -0.1) is 0 Å². The fourth-order valence-electron chi connectivity index (χ4n) is 4.24. The molecule has 3 fully saturated rings. The summed E-state index contributed by atoms with van der Waals surface area (Å²) in [5, 5.41) is 0. The van der Waals surface area contributed by atoms with Gasteiger partial charge in [-0.25, -0.2) is 0 Å². The molecule has 4 atom stereocenters. The van der Waals surface area contributed by atoms with Gasteiger partial charge in [-0.3, -0.25) is 4.79 Å². The van der Waals surface area contributed by atoms with Gasteiger partial charge in [0.1, 0.15) is 5.78 Å². The Labute approximate surface area is 79.9 Å². The van der Waals surface area contributed by atoms with Crippen molar-refractivity contribution in [2.24, 2.45) is 28.6 Å². The summed E-state index contributed by atoms with van der Waals surface area (Å²) in [6.45, 7) is 7.02. The molecule has 1 heteroatoms. The minimum Gasteiger partial charge on any atom is -0.299 e. The standard InChI is InChI=1S/C12H18O/c1-11(2)7-4-5-12(3)6-8(13)10(12)9(7)11/h7,9-10H,4-6H2,1-3H3/t7-,9-,10+,12+/m0/s1. The lowest BCUT2D eigenvalue weighted by molar-refractivity contribution is -0.147. The number of fused-ring (bicyclic) bond motifs is 3. The number of hydrogen-bond acceptors (Lipinski definition) is 1. The second-order valence-electron chi connectivity index (χ2n) is 6.27. The zero-order valence-corrected chi connectivity index (χ0v) is 8.76. The van der Waals surface area contributed by atoms with E-state index in [1.54, 1.807) is 0 Å². The molecule has 0 heterocycles. The van der Waals surface area contributed by atoms with E-state index in [4.69, 9.17) is 0 Å². The van der Waals surface area contributed by atoms with Crippen molar-refractivity contribution in [1.29, 1.82) is 0 Å². The smallest absolute Gasteiger partial charge is 0.137 e. The summed E-state index contributed by atoms with van der Waals surface area (Å²) < 4.78 is 0. The van der Waals surface area contributed by atoms with Crippen molar-refractivity contribution in [1.82, 2.24) is 0 Å². The largest absolute Gasteiger partial charge is 0.299 e. The van der Waals surface area contributed by atoms with Crippen LogP contribution in [0.25, 0.3) is 0 Å². The summed E-state index contributed by atoms with van der Waals surface area (Å²) >= 11 is 0. The highest BCUT2D eigenvalue weighted by Crippen LogP contribution is 2.74. The van der Waals surface area contributed by atoms with E-state index in [1.807, 2.05) is 0 Å². The number of rotatable bonds is 0. The molecule has 0 aromatic carbocycles. The molecule has 13 heavy (non-hydrogen) atoms. The normalized spacial score (nSPS) is 56.2. The SMILES string of the molecule is CC1(C)[C@@H]2[C@H]3C(=O)C[C@@]3(C)CC[C@@H]21. The summed E-state index contributed by atoms with van der Waals surface area (Å²) in [4.78, 5) is 11.6. The van der Waals surface area contributed by atoms with Gasteiger partial charge < -0.3 is 0 Å². The van der Waals surface area contributed by atoms with Gasteiger partial charge in [0.05, 0.1) is 0 Å². The first kappa shape index (κ1) is 8.02. The van der Waals surface area contributed by atoms with Crippen molar-refractivity contribution in [2.75, 3.05) is 0 Å². The van der Waals surface area contributed by atoms with Crippen molar-refractivity contribution >= 4 is 5.78 Å². The molecule has 3 aliphatic carbocycles. The summed E-state index contributed by atoms with van der Waals surface area (Å²) in [7, 11) is 0. The highest BCUT2D eigenvalue weighted by Gasteiger charge is 2.71. The number of carbonyl (C=O) groups excluding carboxylic acids is 1. The van der Waals surface area contributed by atoms with Crippen LogP contribution in [0.15, 0.2) is 0 Å². The Morgan fingerprint density at radius 1 is 1.31 bits per heavy atom. The van der Waals surface area contributed by atoms with Crippen LogP contribution in [0.1, 0.15) is 40.0 Å². The highest BCUT2D eigenvalue weighted by molar-refractivity contribution is 5.90. The topological polar surface area (TPSA) is 17.1 Å². The lowest BCUT2D eigenvalue weighted by Crippen LogP contribution is -2.50. The van der Waals surface area contributed by atoms with E-state index in [1.165, 1.54) is 12.8 Å². The van der Waals surface area contributed by atoms with Gasteiger partial charge in [-0.2, -0.15) is 0 Å². The Balaban J connectivity index is 1.94. The molecule has 72 valence electrons. The summed E-state index contributed by atoms with van der Waals surface area (Å²) in [6.07, 6.45) is 3.54. The van der Waals surface area contributed by atoms with Crippen LogP contribution in [-0.4, -0.2) is 5.78 Å². The molecule has 3 rings (SSSR count). The van der Waals surface area contributed by atoms with Crippen molar-refractivity contribution in [3.05, 3.63) is 0 Å². The van der Waals surface area contributed by atoms with E-state index in [2.05, 4.69) is 20.8 Å². The fraction of sp³-hybridized carbons (Fsp3) is 0.917. The van der Waals surface area contributed by atoms with Crippen molar-refractivity contribution in [2.45, 2.75) is 40.0 Å². The molecule has 0 aromatic rings. The van der Waals surface area contributed by atoms with Crippen LogP contribution in [0.3, 0.4) is 0 Å². The number of carbonyl (C=O) groups is 1. The average molecular weight is 178 g/mol. The van der Waals surface area contributed by atoms with E-state index in [0.29, 0.717) is 22.5 Å². The number of Topliss-reactive ketones (excluding diaryl/α,β-unsaturated/α-hetero) is 1. The van der Waals surface area contributed by atoms with Crippen LogP contribution in [0.5, 0.6) is 0 Å². The lowest BCUT2D eigenvalue weighted by atomic mass is 9.53. The predicted octanol–water partition coefficient (Wildman–Crippen LogP) is 2.65. The third-order valence-corrected chi connectivity index (χ3v) is 5.20. The van der Waals surface area contributed by atoms with Gasteiger partial charge >= 0.3 is 0 Å². The van der Waals surface area contributed by atoms with Crippen LogP contribution in [0, 0.1) is 28.6 Å². The zero-order valence-electron chi connectivity index (χ0n) is 8.76. The van der Waals surface area contributed by atoms with Crippen LogP contribution in [0.4, 0.5) is 0 Å². The van der Waals surface area contributed by atoms with Crippen LogP contribution in [0.2, 0.25) is 0 Å². The van der Waals surface area contributed by atoms with E-state index < -0.39 is 0 Å². The quantitative estimate of drug-likeness (QED) is 0.557. The van der Waals surface area contributed by atoms with Crippen LogP contribution in [-0.2, 0) is 4.79 Å². The van der Waals surface area contributed by atoms with Crippen LogP contribution >= 0.6 is 0 Å². The monoisotopic (exact) mass is 178 g/mol. The van der Waals surface area contributed by atoms with Gasteiger partial charge in [0.2, 0.25) is 0 Å². The third-order valence-electron chi connectivity index (χ3n) is 5.20. The summed E-state index contributed by atoms with van der Waals surface area (Å²) in [5.41, 5.74) is 0.893. The number of hydrogen-bond donors (Lipinski definition) is 0. The van der Waals surface area contributed by atoms with Crippen molar-refractivity contribution < 1.29 is 4.79 Å². The minimum absolute atomic E-state index is 0.409. The molecule has 0 radical (unpaired) electrons. The molecule has 0 N–H and O–H groups in total. The van der Waals surface area contributed by atoms with E-state index in [9.17, 15) is 4.79 Å². The molecule has 0 aromatic heterocycles. The average Bonchev–Trinajstić information content (AvgIpc) is 2.50. The highest BCUT2D eigenvalue weighted by atomic mass is 16.1. The second kappa shape index (κ2) is 1.87. The first-order valence-electron chi connectivity index (χ1n) is 5.49. The second-order valence-corrected chi connectivity index (χ2v) is 6.27.